The first-order valence-corrected chi connectivity index (χ1v) is 10.9. The van der Waals surface area contributed by atoms with Crippen LogP contribution in [0, 0.1) is 5.92 Å². The molecule has 0 aromatic carbocycles. The highest BCUT2D eigenvalue weighted by Gasteiger charge is 2.30. The van der Waals surface area contributed by atoms with Gasteiger partial charge < -0.3 is 31.9 Å². The number of carboxylic acid groups (broad SMARTS) is 2. The Morgan fingerprint density at radius 2 is 1.50 bits per heavy atom. The number of amides is 3. The zero-order valence-electron chi connectivity index (χ0n) is 17.6. The van der Waals surface area contributed by atoms with Crippen LogP contribution in [0.15, 0.2) is 0 Å². The molecule has 0 aliphatic carbocycles. The topological polar surface area (TPSA) is 188 Å². The van der Waals surface area contributed by atoms with E-state index in [0.29, 0.717) is 12.2 Å². The Morgan fingerprint density at radius 1 is 0.933 bits per heavy atom. The Balaban J connectivity index is 5.08. The van der Waals surface area contributed by atoms with Gasteiger partial charge in [0.15, 0.2) is 0 Å². The zero-order valence-corrected chi connectivity index (χ0v) is 18.5. The minimum atomic E-state index is -1.44. The monoisotopic (exact) mass is 448 g/mol. The van der Waals surface area contributed by atoms with E-state index >= 15 is 0 Å². The van der Waals surface area contributed by atoms with Gasteiger partial charge in [-0.25, -0.2) is 4.79 Å². The van der Waals surface area contributed by atoms with Crippen LogP contribution in [0.4, 0.5) is 0 Å². The van der Waals surface area contributed by atoms with Gasteiger partial charge in [0.1, 0.15) is 18.1 Å². The predicted octanol–water partition coefficient (Wildman–Crippen LogP) is -0.853. The molecule has 3 amide bonds. The van der Waals surface area contributed by atoms with E-state index in [1.807, 2.05) is 6.92 Å². The Morgan fingerprint density at radius 3 is 1.97 bits per heavy atom. The summed E-state index contributed by atoms with van der Waals surface area (Å²) in [5.41, 5.74) is 5.81. The summed E-state index contributed by atoms with van der Waals surface area (Å²) >= 11 is 1.42. The molecule has 0 heterocycles. The molecule has 0 spiro atoms. The predicted molar refractivity (Wildman–Crippen MR) is 112 cm³/mol. The van der Waals surface area contributed by atoms with E-state index in [1.165, 1.54) is 18.7 Å². The Kier molecular flexibility index (Phi) is 12.7. The number of aliphatic carboxylic acids is 2. The number of hydrogen-bond acceptors (Lipinski definition) is 7. The second-order valence-electron chi connectivity index (χ2n) is 6.98. The van der Waals surface area contributed by atoms with Crippen molar-refractivity contribution in [3.8, 4) is 0 Å². The van der Waals surface area contributed by atoms with E-state index in [9.17, 15) is 29.1 Å². The summed E-state index contributed by atoms with van der Waals surface area (Å²) < 4.78 is 0. The van der Waals surface area contributed by atoms with Gasteiger partial charge in [0, 0.05) is 0 Å². The average Bonchev–Trinajstić information content (AvgIpc) is 2.68. The lowest BCUT2D eigenvalue weighted by atomic mass is 9.99. The van der Waals surface area contributed by atoms with Gasteiger partial charge in [-0.1, -0.05) is 20.3 Å². The highest BCUT2D eigenvalue weighted by molar-refractivity contribution is 7.98. The fraction of sp³-hybridized carbons (Fsp3) is 0.722. The average molecular weight is 449 g/mol. The molecule has 0 aromatic heterocycles. The van der Waals surface area contributed by atoms with E-state index < -0.39 is 60.2 Å². The number of rotatable bonds is 14. The van der Waals surface area contributed by atoms with Gasteiger partial charge in [0.05, 0.1) is 12.5 Å². The molecular formula is C18H32N4O7S. The zero-order chi connectivity index (χ0) is 23.4. The van der Waals surface area contributed by atoms with Crippen molar-refractivity contribution in [3.63, 3.8) is 0 Å². The third-order valence-corrected chi connectivity index (χ3v) is 5.19. The van der Waals surface area contributed by atoms with Crippen LogP contribution >= 0.6 is 11.8 Å². The first-order valence-electron chi connectivity index (χ1n) is 9.54. The van der Waals surface area contributed by atoms with Gasteiger partial charge in [-0.3, -0.25) is 19.2 Å². The maximum absolute atomic E-state index is 12.5. The number of thioether (sulfide) groups is 1. The molecule has 0 rings (SSSR count). The van der Waals surface area contributed by atoms with E-state index in [-0.39, 0.29) is 12.3 Å². The van der Waals surface area contributed by atoms with Crippen molar-refractivity contribution in [1.29, 1.82) is 0 Å². The van der Waals surface area contributed by atoms with E-state index in [2.05, 4.69) is 16.0 Å². The molecule has 172 valence electrons. The highest BCUT2D eigenvalue weighted by atomic mass is 32.2. The van der Waals surface area contributed by atoms with Gasteiger partial charge in [0.25, 0.3) is 0 Å². The number of nitrogens with two attached hydrogens (primary N) is 1. The van der Waals surface area contributed by atoms with Gasteiger partial charge in [0.2, 0.25) is 17.7 Å². The maximum atomic E-state index is 12.5. The van der Waals surface area contributed by atoms with Crippen LogP contribution in [-0.2, 0) is 24.0 Å². The molecular weight excluding hydrogens is 416 g/mol. The number of carboxylic acids is 2. The molecule has 30 heavy (non-hydrogen) atoms. The van der Waals surface area contributed by atoms with E-state index in [4.69, 9.17) is 10.8 Å². The summed E-state index contributed by atoms with van der Waals surface area (Å²) in [7, 11) is 0. The molecule has 0 radical (unpaired) electrons. The lowest BCUT2D eigenvalue weighted by molar-refractivity contribution is -0.143. The van der Waals surface area contributed by atoms with Crippen LogP contribution in [0.2, 0.25) is 0 Å². The van der Waals surface area contributed by atoms with Crippen LogP contribution in [0.1, 0.15) is 40.0 Å². The second kappa shape index (κ2) is 13.8. The molecule has 5 atom stereocenters. The molecule has 0 bridgehead atoms. The largest absolute Gasteiger partial charge is 0.481 e. The van der Waals surface area contributed by atoms with Crippen LogP contribution in [0.5, 0.6) is 0 Å². The van der Waals surface area contributed by atoms with Crippen LogP contribution in [-0.4, -0.2) is 76.0 Å². The summed E-state index contributed by atoms with van der Waals surface area (Å²) in [4.78, 5) is 59.2. The molecule has 0 saturated carbocycles. The van der Waals surface area contributed by atoms with E-state index in [1.54, 1.807) is 13.2 Å². The molecule has 0 aliphatic rings. The third-order valence-electron chi connectivity index (χ3n) is 4.55. The lowest BCUT2D eigenvalue weighted by Crippen LogP contribution is -2.57. The number of carbonyl (C=O) groups excluding carboxylic acids is 3. The van der Waals surface area contributed by atoms with Crippen molar-refractivity contribution in [2.24, 2.45) is 11.7 Å². The fourth-order valence-electron chi connectivity index (χ4n) is 2.33. The molecule has 0 saturated heterocycles. The Hall–Kier alpha value is -2.34. The van der Waals surface area contributed by atoms with Crippen molar-refractivity contribution in [1.82, 2.24) is 16.0 Å². The van der Waals surface area contributed by atoms with Crippen molar-refractivity contribution in [3.05, 3.63) is 0 Å². The van der Waals surface area contributed by atoms with Gasteiger partial charge in [-0.05, 0) is 31.3 Å². The Bertz CT molecular complexity index is 632. The molecule has 0 aliphatic heterocycles. The van der Waals surface area contributed by atoms with Crippen molar-refractivity contribution < 1.29 is 34.2 Å². The van der Waals surface area contributed by atoms with Gasteiger partial charge >= 0.3 is 11.9 Å². The molecule has 12 heteroatoms. The summed E-state index contributed by atoms with van der Waals surface area (Å²) in [5.74, 6) is -4.50. The highest BCUT2D eigenvalue weighted by Crippen LogP contribution is 2.06. The normalized spacial score (nSPS) is 15.8. The van der Waals surface area contributed by atoms with Crippen LogP contribution < -0.4 is 21.7 Å². The van der Waals surface area contributed by atoms with E-state index in [0.717, 1.165) is 0 Å². The lowest BCUT2D eigenvalue weighted by Gasteiger charge is -2.24. The van der Waals surface area contributed by atoms with Gasteiger partial charge in [-0.15, -0.1) is 0 Å². The minimum Gasteiger partial charge on any atom is -0.481 e. The standard InChI is InChI=1S/C18H32N4O7S/c1-5-9(2)14(19)17(27)22-12(8-13(23)24)16(26)20-10(3)15(25)21-11(18(28)29)6-7-30-4/h9-12,14H,5-8,19H2,1-4H3,(H,20,26)(H,21,25)(H,22,27)(H,23,24)(H,28,29). The molecule has 0 fully saturated rings. The molecule has 0 aromatic rings. The number of nitrogens with one attached hydrogen (secondary N) is 3. The molecule has 5 unspecified atom stereocenters. The third kappa shape index (κ3) is 9.92. The summed E-state index contributed by atoms with van der Waals surface area (Å²) in [6, 6.07) is -4.63. The smallest absolute Gasteiger partial charge is 0.326 e. The van der Waals surface area contributed by atoms with Crippen LogP contribution in [0.3, 0.4) is 0 Å². The van der Waals surface area contributed by atoms with Gasteiger partial charge in [-0.2, -0.15) is 11.8 Å². The summed E-state index contributed by atoms with van der Waals surface area (Å²) in [5, 5.41) is 25.2. The maximum Gasteiger partial charge on any atom is 0.326 e. The SMILES string of the molecule is CCC(C)C(N)C(=O)NC(CC(=O)O)C(=O)NC(C)C(=O)NC(CCSC)C(=O)O. The minimum absolute atomic E-state index is 0.183. The van der Waals surface area contributed by atoms with Crippen molar-refractivity contribution in [2.75, 3.05) is 12.0 Å². The fourth-order valence-corrected chi connectivity index (χ4v) is 2.80. The number of hydrogen-bond donors (Lipinski definition) is 6. The second-order valence-corrected chi connectivity index (χ2v) is 7.97. The molecule has 7 N–H and O–H groups in total. The van der Waals surface area contributed by atoms with Crippen molar-refractivity contribution in [2.45, 2.75) is 64.2 Å². The van der Waals surface area contributed by atoms with Crippen molar-refractivity contribution >= 4 is 41.4 Å². The molecule has 11 nitrogen and oxygen atoms in total. The first kappa shape index (κ1) is 27.7. The Labute approximate surface area is 179 Å². The quantitative estimate of drug-likeness (QED) is 0.197. The summed E-state index contributed by atoms with van der Waals surface area (Å²) in [6.07, 6.45) is 1.91. The summed E-state index contributed by atoms with van der Waals surface area (Å²) in [6.45, 7) is 4.91. The van der Waals surface area contributed by atoms with Crippen LogP contribution in [0.25, 0.3) is 0 Å². The first-order chi connectivity index (χ1) is 13.9. The number of carbonyl (C=O) groups is 5.